The third-order valence-electron chi connectivity index (χ3n) is 4.30. The molecule has 0 unspecified atom stereocenters. The third kappa shape index (κ3) is 3.11. The topological polar surface area (TPSA) is 45.8 Å². The lowest BCUT2D eigenvalue weighted by Crippen LogP contribution is -2.24. The van der Waals surface area contributed by atoms with Gasteiger partial charge in [0.05, 0.1) is 5.69 Å². The Bertz CT molecular complexity index is 798. The molecule has 3 nitrogen and oxygen atoms in total. The third-order valence-corrected chi connectivity index (χ3v) is 6.05. The Morgan fingerprint density at radius 2 is 1.92 bits per heavy atom. The van der Waals surface area contributed by atoms with Crippen LogP contribution in [0.15, 0.2) is 28.2 Å². The molecule has 1 aliphatic carbocycles. The molecule has 0 amide bonds. The molecule has 128 valence electrons. The first-order valence-corrected chi connectivity index (χ1v) is 10.0. The van der Waals surface area contributed by atoms with Crippen molar-refractivity contribution in [2.45, 2.75) is 30.3 Å². The lowest BCUT2D eigenvalue weighted by atomic mass is 9.89. The number of rotatable bonds is 6. The summed E-state index contributed by atoms with van der Waals surface area (Å²) < 4.78 is 28.6. The van der Waals surface area contributed by atoms with E-state index in [1.807, 2.05) is 6.26 Å². The number of hydrogen-bond donors (Lipinski definition) is 1. The molecule has 1 aromatic heterocycles. The first-order chi connectivity index (χ1) is 11.5. The van der Waals surface area contributed by atoms with Crippen LogP contribution in [0.1, 0.15) is 29.7 Å². The maximum atomic E-state index is 14.3. The van der Waals surface area contributed by atoms with Crippen LogP contribution in [0.5, 0.6) is 0 Å². The second-order valence-corrected chi connectivity index (χ2v) is 7.93. The Morgan fingerprint density at radius 1 is 1.25 bits per heavy atom. The number of aromatic amines is 1. The van der Waals surface area contributed by atoms with Crippen molar-refractivity contribution in [1.29, 1.82) is 0 Å². The van der Waals surface area contributed by atoms with Gasteiger partial charge in [-0.3, -0.25) is 4.79 Å². The Kier molecular flexibility index (Phi) is 5.01. The van der Waals surface area contributed by atoms with E-state index in [0.717, 1.165) is 11.5 Å². The predicted octanol–water partition coefficient (Wildman–Crippen LogP) is 3.89. The maximum Gasteiger partial charge on any atom is 0.254 e. The van der Waals surface area contributed by atoms with E-state index in [1.54, 1.807) is 18.7 Å². The van der Waals surface area contributed by atoms with Gasteiger partial charge in [0.25, 0.3) is 5.56 Å². The monoisotopic (exact) mass is 368 g/mol. The van der Waals surface area contributed by atoms with Gasteiger partial charge in [0.15, 0.2) is 5.16 Å². The normalized spacial score (nSPS) is 15.5. The van der Waals surface area contributed by atoms with Crippen LogP contribution in [0.25, 0.3) is 0 Å². The molecule has 1 heterocycles. The number of thioether (sulfide) groups is 2. The van der Waals surface area contributed by atoms with Crippen molar-refractivity contribution in [3.05, 3.63) is 57.0 Å². The minimum atomic E-state index is -0.817. The van der Waals surface area contributed by atoms with Gasteiger partial charge in [-0.25, -0.2) is 13.8 Å². The molecule has 1 aliphatic rings. The Hall–Kier alpha value is -1.34. The van der Waals surface area contributed by atoms with Gasteiger partial charge >= 0.3 is 0 Å². The van der Waals surface area contributed by atoms with Gasteiger partial charge in [-0.15, -0.1) is 0 Å². The van der Waals surface area contributed by atoms with Crippen molar-refractivity contribution in [2.75, 3.05) is 17.8 Å². The summed E-state index contributed by atoms with van der Waals surface area (Å²) in [5.41, 5.74) is -0.0880. The average molecular weight is 368 g/mol. The van der Waals surface area contributed by atoms with Crippen LogP contribution < -0.4 is 5.56 Å². The Morgan fingerprint density at radius 3 is 2.50 bits per heavy atom. The highest BCUT2D eigenvalue weighted by Crippen LogP contribution is 2.54. The van der Waals surface area contributed by atoms with Crippen molar-refractivity contribution in [3.8, 4) is 0 Å². The zero-order valence-corrected chi connectivity index (χ0v) is 15.1. The summed E-state index contributed by atoms with van der Waals surface area (Å²) >= 11 is 3.17. The fraction of sp³-hybridized carbons (Fsp3) is 0.412. The summed E-state index contributed by atoms with van der Waals surface area (Å²) in [6.45, 7) is 1.66. The van der Waals surface area contributed by atoms with Crippen LogP contribution in [0, 0.1) is 18.6 Å². The van der Waals surface area contributed by atoms with Crippen molar-refractivity contribution in [3.63, 3.8) is 0 Å². The average Bonchev–Trinajstić information content (AvgIpc) is 3.32. The number of H-pyrrole nitrogens is 1. The quantitative estimate of drug-likeness (QED) is 0.477. The molecule has 0 saturated heterocycles. The summed E-state index contributed by atoms with van der Waals surface area (Å²) in [6, 6.07) is 3.87. The van der Waals surface area contributed by atoms with E-state index < -0.39 is 17.0 Å². The molecule has 0 aliphatic heterocycles. The van der Waals surface area contributed by atoms with Crippen molar-refractivity contribution in [2.24, 2.45) is 0 Å². The minimum Gasteiger partial charge on any atom is -0.301 e. The van der Waals surface area contributed by atoms with E-state index in [4.69, 9.17) is 0 Å². The van der Waals surface area contributed by atoms with Crippen LogP contribution in [0.2, 0.25) is 0 Å². The summed E-state index contributed by atoms with van der Waals surface area (Å²) in [5.74, 6) is 0.592. The lowest BCUT2D eigenvalue weighted by molar-refractivity contribution is 0.530. The molecular weight excluding hydrogens is 350 g/mol. The number of aromatic nitrogens is 2. The SMILES string of the molecule is CSCCSc1nc(C2(c3c(F)cccc3F)CC2)c(C)c(=O)[nH]1. The second-order valence-electron chi connectivity index (χ2n) is 5.86. The first-order valence-electron chi connectivity index (χ1n) is 7.67. The first kappa shape index (κ1) is 17.5. The van der Waals surface area contributed by atoms with Crippen LogP contribution in [-0.2, 0) is 5.41 Å². The predicted molar refractivity (Wildman–Crippen MR) is 95.1 cm³/mol. The van der Waals surface area contributed by atoms with E-state index in [1.165, 1.54) is 30.0 Å². The molecule has 0 bridgehead atoms. The molecule has 1 saturated carbocycles. The summed E-state index contributed by atoms with van der Waals surface area (Å²) in [5, 5.41) is 0.512. The molecule has 1 fully saturated rings. The highest BCUT2D eigenvalue weighted by atomic mass is 32.2. The largest absolute Gasteiger partial charge is 0.301 e. The molecule has 1 aromatic carbocycles. The summed E-state index contributed by atoms with van der Waals surface area (Å²) in [6.07, 6.45) is 3.20. The van der Waals surface area contributed by atoms with Crippen LogP contribution in [0.3, 0.4) is 0 Å². The molecule has 2 aromatic rings. The van der Waals surface area contributed by atoms with Crippen molar-refractivity contribution in [1.82, 2.24) is 9.97 Å². The molecule has 7 heteroatoms. The van der Waals surface area contributed by atoms with Gasteiger partial charge in [-0.05, 0) is 38.2 Å². The Labute approximate surface area is 147 Å². The molecule has 24 heavy (non-hydrogen) atoms. The molecule has 0 spiro atoms. The zero-order chi connectivity index (χ0) is 17.3. The van der Waals surface area contributed by atoms with Gasteiger partial charge in [-0.2, -0.15) is 11.8 Å². The zero-order valence-electron chi connectivity index (χ0n) is 13.5. The minimum absolute atomic E-state index is 0.0336. The summed E-state index contributed by atoms with van der Waals surface area (Å²) in [4.78, 5) is 19.6. The second kappa shape index (κ2) is 6.88. The van der Waals surface area contributed by atoms with E-state index >= 15 is 0 Å². The molecule has 1 N–H and O–H groups in total. The van der Waals surface area contributed by atoms with Gasteiger partial charge in [-0.1, -0.05) is 17.8 Å². The smallest absolute Gasteiger partial charge is 0.254 e. The van der Waals surface area contributed by atoms with E-state index in [2.05, 4.69) is 9.97 Å². The van der Waals surface area contributed by atoms with E-state index in [9.17, 15) is 13.6 Å². The van der Waals surface area contributed by atoms with Gasteiger partial charge < -0.3 is 4.98 Å². The fourth-order valence-corrected chi connectivity index (χ4v) is 4.47. The van der Waals surface area contributed by atoms with Gasteiger partial charge in [0, 0.05) is 28.0 Å². The summed E-state index contributed by atoms with van der Waals surface area (Å²) in [7, 11) is 0. The molecule has 0 radical (unpaired) electrons. The van der Waals surface area contributed by atoms with Crippen LogP contribution in [-0.4, -0.2) is 27.7 Å². The number of benzene rings is 1. The number of nitrogens with zero attached hydrogens (tertiary/aromatic N) is 1. The van der Waals surface area contributed by atoms with Crippen molar-refractivity contribution >= 4 is 23.5 Å². The van der Waals surface area contributed by atoms with Crippen LogP contribution >= 0.6 is 23.5 Å². The Balaban J connectivity index is 2.07. The number of nitrogens with one attached hydrogen (secondary N) is 1. The van der Waals surface area contributed by atoms with Gasteiger partial charge in [0.1, 0.15) is 11.6 Å². The highest BCUT2D eigenvalue weighted by molar-refractivity contribution is 8.02. The van der Waals surface area contributed by atoms with E-state index in [-0.39, 0.29) is 11.1 Å². The molecular formula is C17H18F2N2OS2. The van der Waals surface area contributed by atoms with Gasteiger partial charge in [0.2, 0.25) is 0 Å². The van der Waals surface area contributed by atoms with Crippen LogP contribution in [0.4, 0.5) is 8.78 Å². The van der Waals surface area contributed by atoms with Crippen molar-refractivity contribution < 1.29 is 8.78 Å². The fourth-order valence-electron chi connectivity index (χ4n) is 2.95. The molecule has 0 atom stereocenters. The maximum absolute atomic E-state index is 14.3. The number of hydrogen-bond acceptors (Lipinski definition) is 4. The highest BCUT2D eigenvalue weighted by Gasteiger charge is 2.52. The molecule has 3 rings (SSSR count). The number of halogens is 2. The lowest BCUT2D eigenvalue weighted by Gasteiger charge is -2.19. The standard InChI is InChI=1S/C17H18F2N2OS2/c1-10-14(20-16(21-15(10)22)24-9-8-23-2)17(6-7-17)13-11(18)4-3-5-12(13)19/h3-5H,6-9H2,1-2H3,(H,20,21,22). The van der Waals surface area contributed by atoms with E-state index in [0.29, 0.717) is 29.3 Å².